The Hall–Kier alpha value is -1.75. The molecule has 2 rings (SSSR count). The zero-order valence-electron chi connectivity index (χ0n) is 9.83. The Balaban J connectivity index is 1.91. The second kappa shape index (κ2) is 5.05. The first-order chi connectivity index (χ1) is 8.15. The highest BCUT2D eigenvalue weighted by molar-refractivity contribution is 5.23. The molecule has 1 aromatic heterocycles. The highest BCUT2D eigenvalue weighted by Gasteiger charge is 2.04. The van der Waals surface area contributed by atoms with Gasteiger partial charge in [-0.2, -0.15) is 4.98 Å². The van der Waals surface area contributed by atoms with Crippen LogP contribution in [0.4, 0.5) is 4.39 Å². The summed E-state index contributed by atoms with van der Waals surface area (Å²) in [7, 11) is 0. The number of benzene rings is 1. The number of halogens is 1. The van der Waals surface area contributed by atoms with Crippen LogP contribution in [-0.2, 0) is 13.1 Å². The fourth-order valence-electron chi connectivity index (χ4n) is 1.56. The number of hydrogen-bond acceptors (Lipinski definition) is 4. The van der Waals surface area contributed by atoms with E-state index in [4.69, 9.17) is 4.52 Å². The van der Waals surface area contributed by atoms with E-state index in [1.807, 2.05) is 13.0 Å². The first kappa shape index (κ1) is 11.7. The third-order valence-electron chi connectivity index (χ3n) is 2.37. The van der Waals surface area contributed by atoms with Crippen molar-refractivity contribution in [3.8, 4) is 0 Å². The van der Waals surface area contributed by atoms with Crippen molar-refractivity contribution in [1.82, 2.24) is 15.5 Å². The van der Waals surface area contributed by atoms with E-state index in [2.05, 4.69) is 15.5 Å². The van der Waals surface area contributed by atoms with Crippen LogP contribution in [0, 0.1) is 19.7 Å². The standard InChI is InChI=1S/C12H14FN3O/c1-8-3-4-11(13)10(5-8)6-14-7-12-15-9(2)17-16-12/h3-5,14H,6-7H2,1-2H3. The van der Waals surface area contributed by atoms with E-state index in [-0.39, 0.29) is 5.82 Å². The van der Waals surface area contributed by atoms with E-state index in [9.17, 15) is 4.39 Å². The molecule has 5 heteroatoms. The molecule has 4 nitrogen and oxygen atoms in total. The molecular formula is C12H14FN3O. The molecule has 0 fully saturated rings. The normalized spacial score (nSPS) is 10.8. The number of nitrogens with one attached hydrogen (secondary N) is 1. The molecule has 0 atom stereocenters. The first-order valence-corrected chi connectivity index (χ1v) is 5.40. The molecule has 90 valence electrons. The molecule has 0 saturated heterocycles. The van der Waals surface area contributed by atoms with Crippen molar-refractivity contribution in [2.75, 3.05) is 0 Å². The van der Waals surface area contributed by atoms with Crippen LogP contribution in [0.2, 0.25) is 0 Å². The topological polar surface area (TPSA) is 51.0 Å². The van der Waals surface area contributed by atoms with Gasteiger partial charge in [0.2, 0.25) is 5.89 Å². The molecule has 0 bridgehead atoms. The number of aromatic nitrogens is 2. The van der Waals surface area contributed by atoms with Crippen molar-refractivity contribution in [3.63, 3.8) is 0 Å². The van der Waals surface area contributed by atoms with Gasteiger partial charge < -0.3 is 9.84 Å². The molecule has 0 aliphatic carbocycles. The second-order valence-corrected chi connectivity index (χ2v) is 3.93. The third-order valence-corrected chi connectivity index (χ3v) is 2.37. The summed E-state index contributed by atoms with van der Waals surface area (Å²) in [5.74, 6) is 0.909. The lowest BCUT2D eigenvalue weighted by Gasteiger charge is -2.05. The molecule has 0 aliphatic heterocycles. The first-order valence-electron chi connectivity index (χ1n) is 5.40. The van der Waals surface area contributed by atoms with Gasteiger partial charge in [0.25, 0.3) is 0 Å². The minimum atomic E-state index is -0.201. The van der Waals surface area contributed by atoms with E-state index in [1.165, 1.54) is 6.07 Å². The summed E-state index contributed by atoms with van der Waals surface area (Å²) >= 11 is 0. The molecule has 1 N–H and O–H groups in total. The van der Waals surface area contributed by atoms with Crippen LogP contribution in [0.15, 0.2) is 22.7 Å². The van der Waals surface area contributed by atoms with Crippen LogP contribution in [0.5, 0.6) is 0 Å². The Morgan fingerprint density at radius 3 is 2.82 bits per heavy atom. The van der Waals surface area contributed by atoms with Gasteiger partial charge >= 0.3 is 0 Å². The molecule has 1 heterocycles. The van der Waals surface area contributed by atoms with Gasteiger partial charge in [0.05, 0.1) is 6.54 Å². The predicted octanol–water partition coefficient (Wildman–Crippen LogP) is 2.12. The number of nitrogens with zero attached hydrogens (tertiary/aromatic N) is 2. The van der Waals surface area contributed by atoms with Crippen molar-refractivity contribution in [2.24, 2.45) is 0 Å². The Bertz CT molecular complexity index is 510. The fraction of sp³-hybridized carbons (Fsp3) is 0.333. The van der Waals surface area contributed by atoms with Crippen LogP contribution in [0.3, 0.4) is 0 Å². The fourth-order valence-corrected chi connectivity index (χ4v) is 1.56. The minimum Gasteiger partial charge on any atom is -0.340 e. The highest BCUT2D eigenvalue weighted by Crippen LogP contribution is 2.09. The van der Waals surface area contributed by atoms with Crippen molar-refractivity contribution >= 4 is 0 Å². The van der Waals surface area contributed by atoms with E-state index < -0.39 is 0 Å². The summed E-state index contributed by atoms with van der Waals surface area (Å²) in [6.45, 7) is 4.58. The van der Waals surface area contributed by atoms with Gasteiger partial charge in [0.15, 0.2) is 5.82 Å². The molecule has 0 saturated carbocycles. The average molecular weight is 235 g/mol. The van der Waals surface area contributed by atoms with Gasteiger partial charge in [-0.15, -0.1) is 0 Å². The summed E-state index contributed by atoms with van der Waals surface area (Å²) in [5, 5.41) is 6.82. The maximum Gasteiger partial charge on any atom is 0.223 e. The van der Waals surface area contributed by atoms with Crippen molar-refractivity contribution in [1.29, 1.82) is 0 Å². The Kier molecular flexibility index (Phi) is 3.49. The zero-order chi connectivity index (χ0) is 12.3. The van der Waals surface area contributed by atoms with Crippen molar-refractivity contribution in [3.05, 3.63) is 46.9 Å². The number of aryl methyl sites for hydroxylation is 2. The van der Waals surface area contributed by atoms with Gasteiger partial charge in [-0.1, -0.05) is 22.9 Å². The molecule has 0 aliphatic rings. The quantitative estimate of drug-likeness (QED) is 0.881. The van der Waals surface area contributed by atoms with Gasteiger partial charge in [0, 0.05) is 19.0 Å². The summed E-state index contributed by atoms with van der Waals surface area (Å²) in [5.41, 5.74) is 1.68. The lowest BCUT2D eigenvalue weighted by atomic mass is 10.1. The van der Waals surface area contributed by atoms with Crippen LogP contribution >= 0.6 is 0 Å². The average Bonchev–Trinajstić information content (AvgIpc) is 2.69. The summed E-state index contributed by atoms with van der Waals surface area (Å²) in [6.07, 6.45) is 0. The molecule has 0 spiro atoms. The monoisotopic (exact) mass is 235 g/mol. The predicted molar refractivity (Wildman–Crippen MR) is 60.7 cm³/mol. The Morgan fingerprint density at radius 1 is 1.29 bits per heavy atom. The smallest absolute Gasteiger partial charge is 0.223 e. The van der Waals surface area contributed by atoms with E-state index >= 15 is 0 Å². The Labute approximate surface area is 98.8 Å². The lowest BCUT2D eigenvalue weighted by Crippen LogP contribution is -2.14. The summed E-state index contributed by atoms with van der Waals surface area (Å²) in [4.78, 5) is 4.05. The van der Waals surface area contributed by atoms with Gasteiger partial charge in [-0.05, 0) is 13.0 Å². The third kappa shape index (κ3) is 3.10. The lowest BCUT2D eigenvalue weighted by molar-refractivity contribution is 0.385. The van der Waals surface area contributed by atoms with Crippen LogP contribution in [0.25, 0.3) is 0 Å². The number of rotatable bonds is 4. The zero-order valence-corrected chi connectivity index (χ0v) is 9.83. The highest BCUT2D eigenvalue weighted by atomic mass is 19.1. The molecule has 0 radical (unpaired) electrons. The maximum atomic E-state index is 13.4. The molecule has 2 aromatic rings. The van der Waals surface area contributed by atoms with Crippen LogP contribution in [0.1, 0.15) is 22.8 Å². The SMILES string of the molecule is Cc1ccc(F)c(CNCc2noc(C)n2)c1. The van der Waals surface area contributed by atoms with Crippen molar-refractivity contribution in [2.45, 2.75) is 26.9 Å². The molecule has 0 amide bonds. The number of hydrogen-bond donors (Lipinski definition) is 1. The summed E-state index contributed by atoms with van der Waals surface area (Å²) in [6, 6.07) is 5.05. The second-order valence-electron chi connectivity index (χ2n) is 3.93. The van der Waals surface area contributed by atoms with Gasteiger partial charge in [-0.3, -0.25) is 0 Å². The van der Waals surface area contributed by atoms with Gasteiger partial charge in [-0.25, -0.2) is 4.39 Å². The molecule has 0 unspecified atom stereocenters. The van der Waals surface area contributed by atoms with Crippen LogP contribution in [-0.4, -0.2) is 10.1 Å². The summed E-state index contributed by atoms with van der Waals surface area (Å²) < 4.78 is 18.2. The Morgan fingerprint density at radius 2 is 2.12 bits per heavy atom. The largest absolute Gasteiger partial charge is 0.340 e. The van der Waals surface area contributed by atoms with Crippen LogP contribution < -0.4 is 5.32 Å². The van der Waals surface area contributed by atoms with E-state index in [0.717, 1.165) is 5.56 Å². The molecule has 17 heavy (non-hydrogen) atoms. The van der Waals surface area contributed by atoms with E-state index in [1.54, 1.807) is 13.0 Å². The van der Waals surface area contributed by atoms with Gasteiger partial charge in [0.1, 0.15) is 5.82 Å². The molecular weight excluding hydrogens is 221 g/mol. The minimum absolute atomic E-state index is 0.201. The molecule has 1 aromatic carbocycles. The van der Waals surface area contributed by atoms with E-state index in [0.29, 0.717) is 30.4 Å². The van der Waals surface area contributed by atoms with Crippen molar-refractivity contribution < 1.29 is 8.91 Å². The maximum absolute atomic E-state index is 13.4.